The molecule has 2 aromatic rings. The first kappa shape index (κ1) is 31.4. The standard InChI is InChI=1S/C28H35F4N3O4S/c1-20(27(37)33-24-9-4-3-5-10-24)34(19-21-13-15-23(29)16-14-21)26(36)12-7-17-35(40(2,38)39)25-11-6-8-22(18-25)28(30,31)32/h6,8,11,13-16,18,20,24H,3-5,7,9-10,12,17,19H2,1-2H3,(H,33,37)/t20-/m0/s1. The highest BCUT2D eigenvalue weighted by Gasteiger charge is 2.32. The molecule has 0 saturated heterocycles. The van der Waals surface area contributed by atoms with Crippen molar-refractivity contribution in [2.45, 2.75) is 76.7 Å². The number of hydrogen-bond donors (Lipinski definition) is 1. The molecule has 0 aromatic heterocycles. The molecule has 220 valence electrons. The van der Waals surface area contributed by atoms with Crippen LogP contribution in [-0.2, 0) is 32.3 Å². The molecule has 1 aliphatic rings. The Kier molecular flexibility index (Phi) is 10.6. The maximum absolute atomic E-state index is 13.4. The largest absolute Gasteiger partial charge is 0.416 e. The van der Waals surface area contributed by atoms with Gasteiger partial charge in [0.25, 0.3) is 0 Å². The lowest BCUT2D eigenvalue weighted by molar-refractivity contribution is -0.141. The van der Waals surface area contributed by atoms with Crippen LogP contribution in [0.15, 0.2) is 48.5 Å². The van der Waals surface area contributed by atoms with Crippen molar-refractivity contribution in [1.29, 1.82) is 0 Å². The second-order valence-corrected chi connectivity index (χ2v) is 12.1. The molecule has 1 aliphatic carbocycles. The summed E-state index contributed by atoms with van der Waals surface area (Å²) in [6.45, 7) is 1.39. The van der Waals surface area contributed by atoms with E-state index in [1.165, 1.54) is 35.2 Å². The van der Waals surface area contributed by atoms with Gasteiger partial charge in [0.1, 0.15) is 11.9 Å². The van der Waals surface area contributed by atoms with Crippen LogP contribution < -0.4 is 9.62 Å². The van der Waals surface area contributed by atoms with Crippen molar-refractivity contribution in [3.63, 3.8) is 0 Å². The third-order valence-electron chi connectivity index (χ3n) is 7.00. The quantitative estimate of drug-likeness (QED) is 0.365. The number of nitrogens with zero attached hydrogens (tertiary/aromatic N) is 2. The second-order valence-electron chi connectivity index (χ2n) is 10.2. The van der Waals surface area contributed by atoms with Gasteiger partial charge in [0, 0.05) is 25.6 Å². The van der Waals surface area contributed by atoms with E-state index in [0.717, 1.165) is 60.9 Å². The van der Waals surface area contributed by atoms with E-state index in [1.54, 1.807) is 6.92 Å². The lowest BCUT2D eigenvalue weighted by Crippen LogP contribution is -2.50. The number of hydrogen-bond acceptors (Lipinski definition) is 4. The zero-order valence-electron chi connectivity index (χ0n) is 22.6. The van der Waals surface area contributed by atoms with Gasteiger partial charge in [0.05, 0.1) is 17.5 Å². The molecular weight excluding hydrogens is 550 g/mol. The van der Waals surface area contributed by atoms with Gasteiger partial charge in [-0.25, -0.2) is 12.8 Å². The van der Waals surface area contributed by atoms with Crippen LogP contribution in [0, 0.1) is 5.82 Å². The second kappa shape index (κ2) is 13.5. The topological polar surface area (TPSA) is 86.8 Å². The molecule has 0 radical (unpaired) electrons. The molecule has 0 unspecified atom stereocenters. The molecule has 40 heavy (non-hydrogen) atoms. The van der Waals surface area contributed by atoms with Crippen LogP contribution in [-0.4, -0.2) is 50.0 Å². The summed E-state index contributed by atoms with van der Waals surface area (Å²) in [5, 5.41) is 3.01. The van der Waals surface area contributed by atoms with E-state index in [2.05, 4.69) is 5.32 Å². The fourth-order valence-electron chi connectivity index (χ4n) is 4.78. The van der Waals surface area contributed by atoms with Crippen molar-refractivity contribution in [1.82, 2.24) is 10.2 Å². The van der Waals surface area contributed by atoms with Gasteiger partial charge in [0.15, 0.2) is 0 Å². The molecule has 0 bridgehead atoms. The average molecular weight is 586 g/mol. The summed E-state index contributed by atoms with van der Waals surface area (Å²) in [7, 11) is -3.96. The number of amides is 2. The Balaban J connectivity index is 1.74. The van der Waals surface area contributed by atoms with E-state index in [0.29, 0.717) is 5.56 Å². The molecule has 1 saturated carbocycles. The van der Waals surface area contributed by atoms with Gasteiger partial charge in [-0.05, 0) is 62.1 Å². The molecule has 1 fully saturated rings. The zero-order chi connectivity index (χ0) is 29.5. The van der Waals surface area contributed by atoms with Gasteiger partial charge in [-0.15, -0.1) is 0 Å². The van der Waals surface area contributed by atoms with E-state index in [-0.39, 0.29) is 43.6 Å². The molecule has 0 heterocycles. The number of sulfonamides is 1. The van der Waals surface area contributed by atoms with Crippen LogP contribution in [0.25, 0.3) is 0 Å². The summed E-state index contributed by atoms with van der Waals surface area (Å²) in [5.41, 5.74) is -0.542. The number of halogens is 4. The first-order chi connectivity index (χ1) is 18.8. The smallest absolute Gasteiger partial charge is 0.352 e. The van der Waals surface area contributed by atoms with Crippen LogP contribution in [0.4, 0.5) is 23.2 Å². The van der Waals surface area contributed by atoms with Crippen molar-refractivity contribution in [3.8, 4) is 0 Å². The predicted molar refractivity (Wildman–Crippen MR) is 144 cm³/mol. The van der Waals surface area contributed by atoms with E-state index in [1.807, 2.05) is 0 Å². The molecule has 0 aliphatic heterocycles. The zero-order valence-corrected chi connectivity index (χ0v) is 23.4. The Labute approximate surface area is 232 Å². The number of alkyl halides is 3. The molecule has 2 aromatic carbocycles. The number of anilines is 1. The van der Waals surface area contributed by atoms with Crippen LogP contribution in [0.2, 0.25) is 0 Å². The summed E-state index contributed by atoms with van der Waals surface area (Å²) in [4.78, 5) is 27.8. The van der Waals surface area contributed by atoms with Crippen molar-refractivity contribution < 1.29 is 35.6 Å². The Bertz CT molecular complexity index is 1260. The van der Waals surface area contributed by atoms with Crippen molar-refractivity contribution in [2.24, 2.45) is 0 Å². The minimum Gasteiger partial charge on any atom is -0.352 e. The molecule has 0 spiro atoms. The average Bonchev–Trinajstić information content (AvgIpc) is 2.89. The minimum absolute atomic E-state index is 0.000962. The summed E-state index contributed by atoms with van der Waals surface area (Å²) >= 11 is 0. The van der Waals surface area contributed by atoms with E-state index in [4.69, 9.17) is 0 Å². The van der Waals surface area contributed by atoms with Crippen LogP contribution >= 0.6 is 0 Å². The number of carbonyl (C=O) groups excluding carboxylic acids is 2. The monoisotopic (exact) mass is 585 g/mol. The Morgan fingerprint density at radius 2 is 1.70 bits per heavy atom. The van der Waals surface area contributed by atoms with Crippen LogP contribution in [0.3, 0.4) is 0 Å². The van der Waals surface area contributed by atoms with Crippen molar-refractivity contribution in [3.05, 3.63) is 65.5 Å². The summed E-state index contributed by atoms with van der Waals surface area (Å²) in [6.07, 6.45) is 0.940. The summed E-state index contributed by atoms with van der Waals surface area (Å²) < 4.78 is 78.7. The molecule has 1 atom stereocenters. The van der Waals surface area contributed by atoms with E-state index < -0.39 is 39.5 Å². The SMILES string of the molecule is C[C@@H](C(=O)NC1CCCCC1)N(Cc1ccc(F)cc1)C(=O)CCCN(c1cccc(C(F)(F)F)c1)S(C)(=O)=O. The highest BCUT2D eigenvalue weighted by Crippen LogP contribution is 2.32. The Morgan fingerprint density at radius 1 is 1.05 bits per heavy atom. The van der Waals surface area contributed by atoms with Crippen molar-refractivity contribution >= 4 is 27.5 Å². The first-order valence-corrected chi connectivity index (χ1v) is 15.1. The molecule has 2 amide bonds. The maximum atomic E-state index is 13.4. The fraction of sp³-hybridized carbons (Fsp3) is 0.500. The highest BCUT2D eigenvalue weighted by atomic mass is 32.2. The van der Waals surface area contributed by atoms with Gasteiger partial charge in [-0.1, -0.05) is 37.5 Å². The first-order valence-electron chi connectivity index (χ1n) is 13.2. The number of carbonyl (C=O) groups is 2. The Hall–Kier alpha value is -3.15. The molecule has 7 nitrogen and oxygen atoms in total. The predicted octanol–water partition coefficient (Wildman–Crippen LogP) is 5.26. The van der Waals surface area contributed by atoms with Gasteiger partial charge >= 0.3 is 6.18 Å². The highest BCUT2D eigenvalue weighted by molar-refractivity contribution is 7.92. The molecule has 12 heteroatoms. The lowest BCUT2D eigenvalue weighted by atomic mass is 9.95. The molecule has 1 N–H and O–H groups in total. The number of rotatable bonds is 11. The number of nitrogens with one attached hydrogen (secondary N) is 1. The van der Waals surface area contributed by atoms with Gasteiger partial charge in [0.2, 0.25) is 21.8 Å². The molecular formula is C28H35F4N3O4S. The van der Waals surface area contributed by atoms with Crippen LogP contribution in [0.1, 0.15) is 63.0 Å². The van der Waals surface area contributed by atoms with Gasteiger partial charge < -0.3 is 10.2 Å². The minimum atomic E-state index is -4.65. The third kappa shape index (κ3) is 8.94. The summed E-state index contributed by atoms with van der Waals surface area (Å²) in [5.74, 6) is -1.20. The normalized spacial score (nSPS) is 15.3. The van der Waals surface area contributed by atoms with E-state index >= 15 is 0 Å². The Morgan fingerprint density at radius 3 is 2.30 bits per heavy atom. The molecule has 3 rings (SSSR count). The fourth-order valence-corrected chi connectivity index (χ4v) is 5.74. The third-order valence-corrected chi connectivity index (χ3v) is 8.19. The maximum Gasteiger partial charge on any atom is 0.416 e. The van der Waals surface area contributed by atoms with E-state index in [9.17, 15) is 35.6 Å². The lowest BCUT2D eigenvalue weighted by Gasteiger charge is -2.31. The van der Waals surface area contributed by atoms with Gasteiger partial charge in [-0.2, -0.15) is 13.2 Å². The van der Waals surface area contributed by atoms with Crippen molar-refractivity contribution in [2.75, 3.05) is 17.1 Å². The van der Waals surface area contributed by atoms with Gasteiger partial charge in [-0.3, -0.25) is 13.9 Å². The number of benzene rings is 2. The van der Waals surface area contributed by atoms with Crippen LogP contribution in [0.5, 0.6) is 0 Å². The summed E-state index contributed by atoms with van der Waals surface area (Å²) in [6, 6.07) is 8.70.